The third-order valence-corrected chi connectivity index (χ3v) is 3.42. The maximum Gasteiger partial charge on any atom is 0.328 e. The first-order chi connectivity index (χ1) is 10.0. The van der Waals surface area contributed by atoms with Crippen LogP contribution in [0.5, 0.6) is 0 Å². The largest absolute Gasteiger partial charge is 0.478 e. The zero-order valence-corrected chi connectivity index (χ0v) is 11.8. The van der Waals surface area contributed by atoms with Gasteiger partial charge in [0.15, 0.2) is 0 Å². The van der Waals surface area contributed by atoms with Crippen LogP contribution < -0.4 is 4.90 Å². The molecule has 0 bridgehead atoms. The first-order valence-electron chi connectivity index (χ1n) is 6.92. The molecule has 2 rings (SSSR count). The molecule has 0 aliphatic carbocycles. The molecule has 0 saturated carbocycles. The number of benzene rings is 1. The smallest absolute Gasteiger partial charge is 0.328 e. The summed E-state index contributed by atoms with van der Waals surface area (Å²) in [5, 5.41) is 8.64. The molecular weight excluding hydrogens is 270 g/mol. The number of carboxylic acids is 1. The fourth-order valence-electron chi connectivity index (χ4n) is 2.40. The van der Waals surface area contributed by atoms with E-state index in [0.717, 1.165) is 17.2 Å². The molecule has 1 aliphatic heterocycles. The maximum atomic E-state index is 12.0. The lowest BCUT2D eigenvalue weighted by Crippen LogP contribution is -2.40. The normalized spacial score (nSPS) is 15.8. The van der Waals surface area contributed by atoms with Crippen LogP contribution in [0.3, 0.4) is 0 Å². The van der Waals surface area contributed by atoms with E-state index in [9.17, 15) is 14.4 Å². The highest BCUT2D eigenvalue weighted by molar-refractivity contribution is 6.16. The topological polar surface area (TPSA) is 74.7 Å². The van der Waals surface area contributed by atoms with Crippen LogP contribution in [0.4, 0.5) is 5.69 Å². The molecule has 2 amide bonds. The van der Waals surface area contributed by atoms with Gasteiger partial charge in [-0.05, 0) is 42.2 Å². The fourth-order valence-corrected chi connectivity index (χ4v) is 2.40. The van der Waals surface area contributed by atoms with Gasteiger partial charge in [0.2, 0.25) is 11.8 Å². The quantitative estimate of drug-likeness (QED) is 0.681. The van der Waals surface area contributed by atoms with Gasteiger partial charge in [-0.25, -0.2) is 4.79 Å². The molecular formula is C16H17NO4. The van der Waals surface area contributed by atoms with Crippen LogP contribution in [0.25, 0.3) is 6.08 Å². The zero-order valence-electron chi connectivity index (χ0n) is 11.8. The number of hydrogen-bond donors (Lipinski definition) is 1. The molecule has 0 radical (unpaired) electrons. The number of carboxylic acid groups (broad SMARTS) is 1. The molecule has 0 aromatic heterocycles. The number of hydrogen-bond acceptors (Lipinski definition) is 3. The number of imide groups is 1. The van der Waals surface area contributed by atoms with Gasteiger partial charge in [-0.15, -0.1) is 0 Å². The number of carbonyl (C=O) groups is 3. The van der Waals surface area contributed by atoms with Crippen molar-refractivity contribution in [2.45, 2.75) is 32.6 Å². The second-order valence-electron chi connectivity index (χ2n) is 4.89. The molecule has 0 spiro atoms. The van der Waals surface area contributed by atoms with Gasteiger partial charge in [0, 0.05) is 18.9 Å². The third-order valence-electron chi connectivity index (χ3n) is 3.42. The minimum absolute atomic E-state index is 0.172. The maximum absolute atomic E-state index is 12.0. The first kappa shape index (κ1) is 15.0. The Bertz CT molecular complexity index is 603. The minimum atomic E-state index is -1.02. The van der Waals surface area contributed by atoms with E-state index in [0.29, 0.717) is 31.4 Å². The summed E-state index contributed by atoms with van der Waals surface area (Å²) in [7, 11) is 0. The average Bonchev–Trinajstić information content (AvgIpc) is 2.45. The molecule has 0 atom stereocenters. The van der Waals surface area contributed by atoms with Crippen molar-refractivity contribution in [3.05, 3.63) is 35.4 Å². The highest BCUT2D eigenvalue weighted by Crippen LogP contribution is 2.27. The van der Waals surface area contributed by atoms with E-state index < -0.39 is 5.97 Å². The number of rotatable bonds is 4. The molecule has 110 valence electrons. The van der Waals surface area contributed by atoms with Crippen molar-refractivity contribution in [3.8, 4) is 0 Å². The highest BCUT2D eigenvalue weighted by Gasteiger charge is 2.28. The molecule has 1 aromatic rings. The number of carbonyl (C=O) groups excluding carboxylic acids is 2. The van der Waals surface area contributed by atoms with E-state index in [1.54, 1.807) is 12.1 Å². The predicted octanol–water partition coefficient (Wildman–Crippen LogP) is 2.39. The van der Waals surface area contributed by atoms with E-state index in [4.69, 9.17) is 5.11 Å². The molecule has 5 nitrogen and oxygen atoms in total. The molecule has 1 N–H and O–H groups in total. The van der Waals surface area contributed by atoms with Crippen LogP contribution in [0.15, 0.2) is 24.3 Å². The van der Waals surface area contributed by atoms with Crippen LogP contribution in [-0.4, -0.2) is 22.9 Å². The van der Waals surface area contributed by atoms with Gasteiger partial charge in [0.1, 0.15) is 0 Å². The second-order valence-corrected chi connectivity index (χ2v) is 4.89. The van der Waals surface area contributed by atoms with Crippen molar-refractivity contribution in [1.82, 2.24) is 0 Å². The van der Waals surface area contributed by atoms with Crippen LogP contribution >= 0.6 is 0 Å². The number of amides is 2. The van der Waals surface area contributed by atoms with Crippen molar-refractivity contribution in [3.63, 3.8) is 0 Å². The van der Waals surface area contributed by atoms with Gasteiger partial charge in [-0.2, -0.15) is 0 Å². The van der Waals surface area contributed by atoms with Crippen LogP contribution in [0, 0.1) is 0 Å². The summed E-state index contributed by atoms with van der Waals surface area (Å²) in [6.45, 7) is 1.93. The van der Waals surface area contributed by atoms with Crippen molar-refractivity contribution in [1.29, 1.82) is 0 Å². The Hall–Kier alpha value is -2.43. The summed E-state index contributed by atoms with van der Waals surface area (Å²) < 4.78 is 0. The van der Waals surface area contributed by atoms with Gasteiger partial charge >= 0.3 is 5.97 Å². The molecule has 1 heterocycles. The summed E-state index contributed by atoms with van der Waals surface area (Å²) in [6.07, 6.45) is 4.58. The van der Waals surface area contributed by atoms with Gasteiger partial charge in [-0.1, -0.05) is 13.0 Å². The Morgan fingerprint density at radius 3 is 2.52 bits per heavy atom. The number of nitrogens with zero attached hydrogens (tertiary/aromatic N) is 1. The zero-order chi connectivity index (χ0) is 15.4. The van der Waals surface area contributed by atoms with Crippen LogP contribution in [0.1, 0.15) is 37.3 Å². The van der Waals surface area contributed by atoms with E-state index >= 15 is 0 Å². The number of aliphatic carboxylic acids is 1. The van der Waals surface area contributed by atoms with E-state index in [1.807, 2.05) is 13.0 Å². The Morgan fingerprint density at radius 1 is 1.29 bits per heavy atom. The fraction of sp³-hybridized carbons (Fsp3) is 0.312. The number of piperidine rings is 1. The lowest BCUT2D eigenvalue weighted by molar-refractivity contribution is -0.131. The Labute approximate surface area is 122 Å². The van der Waals surface area contributed by atoms with E-state index in [-0.39, 0.29) is 11.8 Å². The monoisotopic (exact) mass is 287 g/mol. The molecule has 1 fully saturated rings. The van der Waals surface area contributed by atoms with Crippen molar-refractivity contribution >= 4 is 29.5 Å². The highest BCUT2D eigenvalue weighted by atomic mass is 16.4. The third kappa shape index (κ3) is 3.37. The number of aryl methyl sites for hydroxylation is 1. The first-order valence-corrected chi connectivity index (χ1v) is 6.92. The summed E-state index contributed by atoms with van der Waals surface area (Å²) in [4.78, 5) is 35.8. The molecule has 0 unspecified atom stereocenters. The Balaban J connectivity index is 2.38. The number of anilines is 1. The van der Waals surface area contributed by atoms with Crippen molar-refractivity contribution in [2.24, 2.45) is 0 Å². The molecule has 1 aromatic carbocycles. The van der Waals surface area contributed by atoms with Crippen LogP contribution in [0.2, 0.25) is 0 Å². The van der Waals surface area contributed by atoms with Gasteiger partial charge in [-0.3, -0.25) is 14.5 Å². The summed E-state index contributed by atoms with van der Waals surface area (Å²) in [5.74, 6) is -1.36. The summed E-state index contributed by atoms with van der Waals surface area (Å²) >= 11 is 0. The molecule has 1 saturated heterocycles. The summed E-state index contributed by atoms with van der Waals surface area (Å²) in [6, 6.07) is 5.23. The minimum Gasteiger partial charge on any atom is -0.478 e. The molecule has 1 aliphatic rings. The SMILES string of the molecule is CCc1cc(/C=C/C(=O)O)ccc1N1C(=O)CCCC1=O. The van der Waals surface area contributed by atoms with E-state index in [1.165, 1.54) is 11.0 Å². The standard InChI is InChI=1S/C16H17NO4/c1-2-12-10-11(7-9-16(20)21)6-8-13(12)17-14(18)4-3-5-15(17)19/h6-10H,2-5H2,1H3,(H,20,21)/b9-7+. The molecule has 5 heteroatoms. The van der Waals surface area contributed by atoms with Gasteiger partial charge < -0.3 is 5.11 Å². The second kappa shape index (κ2) is 6.35. The Kier molecular flexibility index (Phi) is 4.52. The van der Waals surface area contributed by atoms with Crippen molar-refractivity contribution in [2.75, 3.05) is 4.90 Å². The average molecular weight is 287 g/mol. The molecule has 21 heavy (non-hydrogen) atoms. The van der Waals surface area contributed by atoms with Gasteiger partial charge in [0.25, 0.3) is 0 Å². The van der Waals surface area contributed by atoms with Crippen molar-refractivity contribution < 1.29 is 19.5 Å². The Morgan fingerprint density at radius 2 is 1.95 bits per heavy atom. The lowest BCUT2D eigenvalue weighted by Gasteiger charge is -2.27. The van der Waals surface area contributed by atoms with Crippen LogP contribution in [-0.2, 0) is 20.8 Å². The van der Waals surface area contributed by atoms with E-state index in [2.05, 4.69) is 0 Å². The lowest BCUT2D eigenvalue weighted by atomic mass is 10.0. The predicted molar refractivity (Wildman–Crippen MR) is 78.8 cm³/mol. The summed E-state index contributed by atoms with van der Waals surface area (Å²) in [5.41, 5.74) is 2.20. The van der Waals surface area contributed by atoms with Gasteiger partial charge in [0.05, 0.1) is 5.69 Å².